The normalized spacial score (nSPS) is 16.0. The lowest BCUT2D eigenvalue weighted by molar-refractivity contribution is -0.384. The Labute approximate surface area is 143 Å². The zero-order valence-corrected chi connectivity index (χ0v) is 13.4. The number of anilines is 1. The summed E-state index contributed by atoms with van der Waals surface area (Å²) in [5.74, 6) is -0.296. The van der Waals surface area contributed by atoms with E-state index in [1.165, 1.54) is 17.0 Å². The highest BCUT2D eigenvalue weighted by Gasteiger charge is 2.36. The Balaban J connectivity index is 0.00000192. The van der Waals surface area contributed by atoms with Gasteiger partial charge in [-0.2, -0.15) is 0 Å². The number of rotatable bonds is 3. The summed E-state index contributed by atoms with van der Waals surface area (Å²) >= 11 is 6.12. The third-order valence-electron chi connectivity index (χ3n) is 3.67. The molecule has 1 heterocycles. The molecule has 0 saturated carbocycles. The first-order valence-electron chi connectivity index (χ1n) is 6.57. The number of fused-ring (bicyclic) bond motifs is 1. The summed E-state index contributed by atoms with van der Waals surface area (Å²) in [6, 6.07) is 10.6. The first-order valence-corrected chi connectivity index (χ1v) is 6.95. The lowest BCUT2D eigenvalue weighted by Crippen LogP contribution is -2.31. The van der Waals surface area contributed by atoms with Crippen LogP contribution in [0, 0.1) is 10.1 Å². The van der Waals surface area contributed by atoms with Crippen LogP contribution in [0.2, 0.25) is 5.02 Å². The molecule has 0 saturated heterocycles. The average molecular weight is 354 g/mol. The Hall–Kier alpha value is -2.15. The maximum Gasteiger partial charge on any atom is 0.269 e. The fraction of sp³-hybridized carbons (Fsp3) is 0.133. The van der Waals surface area contributed by atoms with Crippen molar-refractivity contribution in [3.05, 3.63) is 68.7 Å². The smallest absolute Gasteiger partial charge is 0.269 e. The lowest BCUT2D eigenvalue weighted by Gasteiger charge is -2.18. The predicted molar refractivity (Wildman–Crippen MR) is 89.9 cm³/mol. The van der Waals surface area contributed by atoms with E-state index in [0.717, 1.165) is 5.56 Å². The molecule has 6 nitrogen and oxygen atoms in total. The minimum Gasteiger partial charge on any atom is -0.316 e. The number of nitro benzene ring substituents is 1. The number of carbonyl (C=O) groups excluding carboxylic acids is 1. The highest BCUT2D eigenvalue weighted by Crippen LogP contribution is 2.38. The molecule has 120 valence electrons. The van der Waals surface area contributed by atoms with Crippen molar-refractivity contribution < 1.29 is 9.72 Å². The molecule has 23 heavy (non-hydrogen) atoms. The van der Waals surface area contributed by atoms with E-state index in [1.54, 1.807) is 18.2 Å². The van der Waals surface area contributed by atoms with Crippen molar-refractivity contribution in [3.63, 3.8) is 0 Å². The van der Waals surface area contributed by atoms with Crippen LogP contribution in [0.15, 0.2) is 42.5 Å². The number of hydrogen-bond donors (Lipinski definition) is 1. The second-order valence-corrected chi connectivity index (χ2v) is 5.40. The first kappa shape index (κ1) is 17.2. The SMILES string of the molecule is Cl.NC1C(=O)N(Cc2ccccc2Cl)c2ccc([N+](=O)[O-])cc21. The number of nitrogens with zero attached hydrogens (tertiary/aromatic N) is 2. The first-order chi connectivity index (χ1) is 10.5. The van der Waals surface area contributed by atoms with Crippen molar-refractivity contribution in [2.45, 2.75) is 12.6 Å². The van der Waals surface area contributed by atoms with E-state index in [4.69, 9.17) is 17.3 Å². The molecule has 1 aliphatic rings. The average Bonchev–Trinajstić information content (AvgIpc) is 2.74. The topological polar surface area (TPSA) is 89.5 Å². The van der Waals surface area contributed by atoms with E-state index in [1.807, 2.05) is 12.1 Å². The van der Waals surface area contributed by atoms with Crippen LogP contribution < -0.4 is 10.6 Å². The summed E-state index contributed by atoms with van der Waals surface area (Å²) in [5, 5.41) is 11.4. The van der Waals surface area contributed by atoms with Gasteiger partial charge in [-0.15, -0.1) is 12.4 Å². The molecular weight excluding hydrogens is 341 g/mol. The number of nitrogens with two attached hydrogens (primary N) is 1. The largest absolute Gasteiger partial charge is 0.316 e. The van der Waals surface area contributed by atoms with Gasteiger partial charge in [0.2, 0.25) is 5.91 Å². The predicted octanol–water partition coefficient (Wildman–Crippen LogP) is 3.22. The van der Waals surface area contributed by atoms with Gasteiger partial charge in [0.25, 0.3) is 5.69 Å². The number of benzene rings is 2. The van der Waals surface area contributed by atoms with Gasteiger partial charge in [0.15, 0.2) is 0 Å². The molecule has 0 bridgehead atoms. The van der Waals surface area contributed by atoms with E-state index in [9.17, 15) is 14.9 Å². The minimum absolute atomic E-state index is 0. The molecule has 1 amide bonds. The van der Waals surface area contributed by atoms with Crippen LogP contribution in [0.25, 0.3) is 0 Å². The molecule has 1 unspecified atom stereocenters. The zero-order valence-electron chi connectivity index (χ0n) is 11.8. The van der Waals surface area contributed by atoms with Crippen LogP contribution in [0.3, 0.4) is 0 Å². The van der Waals surface area contributed by atoms with Crippen LogP contribution in [-0.4, -0.2) is 10.8 Å². The van der Waals surface area contributed by atoms with E-state index in [2.05, 4.69) is 0 Å². The molecular formula is C15H13Cl2N3O3. The molecule has 0 aromatic heterocycles. The summed E-state index contributed by atoms with van der Waals surface area (Å²) in [4.78, 5) is 24.2. The Bertz CT molecular complexity index is 782. The molecule has 1 aliphatic heterocycles. The molecule has 8 heteroatoms. The molecule has 2 aromatic rings. The summed E-state index contributed by atoms with van der Waals surface area (Å²) in [6.07, 6.45) is 0. The number of nitro groups is 1. The summed E-state index contributed by atoms with van der Waals surface area (Å²) in [6.45, 7) is 0.275. The number of halogens is 2. The van der Waals surface area contributed by atoms with Crippen LogP contribution in [0.4, 0.5) is 11.4 Å². The van der Waals surface area contributed by atoms with Gasteiger partial charge < -0.3 is 10.6 Å². The standard InChI is InChI=1S/C15H12ClN3O3.ClH/c16-12-4-2-1-3-9(12)8-18-13-6-5-10(19(21)22)7-11(13)14(17)15(18)20;/h1-7,14H,8,17H2;1H. The van der Waals surface area contributed by atoms with Crippen LogP contribution in [0.1, 0.15) is 17.2 Å². The van der Waals surface area contributed by atoms with Gasteiger partial charge in [-0.3, -0.25) is 14.9 Å². The van der Waals surface area contributed by atoms with Gasteiger partial charge >= 0.3 is 0 Å². The van der Waals surface area contributed by atoms with Gasteiger partial charge in [0, 0.05) is 28.4 Å². The molecule has 1 atom stereocenters. The van der Waals surface area contributed by atoms with E-state index in [-0.39, 0.29) is 30.5 Å². The van der Waals surface area contributed by atoms with Crippen LogP contribution in [0.5, 0.6) is 0 Å². The van der Waals surface area contributed by atoms with Gasteiger partial charge in [-0.25, -0.2) is 0 Å². The number of amides is 1. The Kier molecular flexibility index (Phi) is 4.89. The second kappa shape index (κ2) is 6.54. The third kappa shape index (κ3) is 3.01. The summed E-state index contributed by atoms with van der Waals surface area (Å²) in [5.41, 5.74) is 7.65. The Morgan fingerprint density at radius 1 is 1.26 bits per heavy atom. The molecule has 2 aromatic carbocycles. The lowest BCUT2D eigenvalue weighted by atomic mass is 10.1. The number of hydrogen-bond acceptors (Lipinski definition) is 4. The van der Waals surface area contributed by atoms with Crippen molar-refractivity contribution in [1.82, 2.24) is 0 Å². The highest BCUT2D eigenvalue weighted by atomic mass is 35.5. The van der Waals surface area contributed by atoms with Crippen LogP contribution in [-0.2, 0) is 11.3 Å². The van der Waals surface area contributed by atoms with Crippen molar-refractivity contribution in [1.29, 1.82) is 0 Å². The van der Waals surface area contributed by atoms with Crippen molar-refractivity contribution >= 4 is 41.3 Å². The minimum atomic E-state index is -0.891. The van der Waals surface area contributed by atoms with Gasteiger partial charge in [-0.1, -0.05) is 29.8 Å². The van der Waals surface area contributed by atoms with Crippen LogP contribution >= 0.6 is 24.0 Å². The maximum atomic E-state index is 12.3. The maximum absolute atomic E-state index is 12.3. The molecule has 0 fully saturated rings. The van der Waals surface area contributed by atoms with E-state index < -0.39 is 11.0 Å². The Morgan fingerprint density at radius 2 is 1.96 bits per heavy atom. The van der Waals surface area contributed by atoms with Crippen molar-refractivity contribution in [2.24, 2.45) is 5.73 Å². The molecule has 2 N–H and O–H groups in total. The quantitative estimate of drug-likeness (QED) is 0.677. The second-order valence-electron chi connectivity index (χ2n) is 4.99. The zero-order chi connectivity index (χ0) is 15.9. The Morgan fingerprint density at radius 3 is 2.61 bits per heavy atom. The van der Waals surface area contributed by atoms with Gasteiger partial charge in [-0.05, 0) is 17.7 Å². The van der Waals surface area contributed by atoms with E-state index >= 15 is 0 Å². The summed E-state index contributed by atoms with van der Waals surface area (Å²) < 4.78 is 0. The number of carbonyl (C=O) groups is 1. The molecule has 0 radical (unpaired) electrons. The van der Waals surface area contributed by atoms with Gasteiger partial charge in [0.1, 0.15) is 6.04 Å². The van der Waals surface area contributed by atoms with Crippen molar-refractivity contribution in [2.75, 3.05) is 4.90 Å². The fourth-order valence-electron chi connectivity index (χ4n) is 2.53. The molecule has 3 rings (SSSR count). The fourth-order valence-corrected chi connectivity index (χ4v) is 2.73. The van der Waals surface area contributed by atoms with Crippen molar-refractivity contribution in [3.8, 4) is 0 Å². The molecule has 0 spiro atoms. The van der Waals surface area contributed by atoms with E-state index in [0.29, 0.717) is 16.3 Å². The monoisotopic (exact) mass is 353 g/mol. The number of non-ortho nitro benzene ring substituents is 1. The van der Waals surface area contributed by atoms with Gasteiger partial charge in [0.05, 0.1) is 11.5 Å². The summed E-state index contributed by atoms with van der Waals surface area (Å²) in [7, 11) is 0. The molecule has 0 aliphatic carbocycles. The highest BCUT2D eigenvalue weighted by molar-refractivity contribution is 6.31. The third-order valence-corrected chi connectivity index (χ3v) is 4.03.